The van der Waals surface area contributed by atoms with Crippen molar-refractivity contribution in [2.75, 3.05) is 13.6 Å². The second-order valence-corrected chi connectivity index (χ2v) is 2.97. The minimum atomic E-state index is -0.0895. The van der Waals surface area contributed by atoms with E-state index in [2.05, 4.69) is 0 Å². The van der Waals surface area contributed by atoms with E-state index in [-0.39, 0.29) is 24.5 Å². The number of hydrogen-bond donors (Lipinski definition) is 0. The molecule has 4 nitrogen and oxygen atoms in total. The molecule has 0 bridgehead atoms. The normalized spacial score (nSPS) is 9.38. The second-order valence-electron chi connectivity index (χ2n) is 2.97. The van der Waals surface area contributed by atoms with Gasteiger partial charge in [-0.3, -0.25) is 9.59 Å². The topological polar surface area (TPSA) is 54.5 Å². The van der Waals surface area contributed by atoms with Crippen molar-refractivity contribution >= 4 is 18.0 Å². The first kappa shape index (κ1) is 11.8. The second kappa shape index (κ2) is 6.34. The largest absolute Gasteiger partial charge is 0.345 e. The summed E-state index contributed by atoms with van der Waals surface area (Å²) in [6.07, 6.45) is 1.58. The van der Waals surface area contributed by atoms with Gasteiger partial charge in [-0.15, -0.1) is 0 Å². The summed E-state index contributed by atoms with van der Waals surface area (Å²) in [6, 6.07) is 0. The highest BCUT2D eigenvalue weighted by atomic mass is 16.2. The van der Waals surface area contributed by atoms with Crippen molar-refractivity contribution in [2.24, 2.45) is 0 Å². The molecule has 0 unspecified atom stereocenters. The van der Waals surface area contributed by atoms with E-state index in [1.807, 2.05) is 0 Å². The van der Waals surface area contributed by atoms with E-state index in [1.54, 1.807) is 7.05 Å². The molecule has 0 aromatic carbocycles. The Morgan fingerprint density at radius 1 is 1.31 bits per heavy atom. The minimum absolute atomic E-state index is 0.0648. The molecular formula is C9H15NO3. The van der Waals surface area contributed by atoms with Crippen molar-refractivity contribution in [1.29, 1.82) is 0 Å². The molecule has 0 fully saturated rings. The van der Waals surface area contributed by atoms with Gasteiger partial charge in [0.25, 0.3) is 0 Å². The van der Waals surface area contributed by atoms with E-state index in [0.29, 0.717) is 13.0 Å². The maximum atomic E-state index is 11.2. The van der Waals surface area contributed by atoms with Crippen molar-refractivity contribution < 1.29 is 14.4 Å². The molecule has 0 aromatic rings. The maximum absolute atomic E-state index is 11.2. The summed E-state index contributed by atoms with van der Waals surface area (Å²) in [4.78, 5) is 33.2. The number of ketones is 1. The first-order valence-electron chi connectivity index (χ1n) is 4.25. The molecule has 0 saturated heterocycles. The molecule has 0 saturated carbocycles. The number of hydrogen-bond acceptors (Lipinski definition) is 3. The standard InChI is InChI=1S/C9H15NO3/c1-8(12)5-6-10(2)9(13)4-3-7-11/h7H,3-6H2,1-2H3. The van der Waals surface area contributed by atoms with Crippen LogP contribution in [0.3, 0.4) is 0 Å². The average molecular weight is 185 g/mol. The Labute approximate surface area is 77.9 Å². The van der Waals surface area contributed by atoms with Gasteiger partial charge in [-0.05, 0) is 6.92 Å². The molecule has 74 valence electrons. The van der Waals surface area contributed by atoms with E-state index < -0.39 is 0 Å². The fraction of sp³-hybridized carbons (Fsp3) is 0.667. The zero-order chi connectivity index (χ0) is 10.3. The van der Waals surface area contributed by atoms with Crippen LogP contribution in [0.15, 0.2) is 0 Å². The zero-order valence-electron chi connectivity index (χ0n) is 8.08. The van der Waals surface area contributed by atoms with Gasteiger partial charge >= 0.3 is 0 Å². The van der Waals surface area contributed by atoms with Crippen LogP contribution in [0.5, 0.6) is 0 Å². The summed E-state index contributed by atoms with van der Waals surface area (Å²) in [5, 5.41) is 0. The lowest BCUT2D eigenvalue weighted by Gasteiger charge is -2.15. The highest BCUT2D eigenvalue weighted by molar-refractivity contribution is 5.79. The van der Waals surface area contributed by atoms with Crippen molar-refractivity contribution in [3.05, 3.63) is 0 Å². The summed E-state index contributed by atoms with van der Waals surface area (Å²) in [6.45, 7) is 1.93. The quantitative estimate of drug-likeness (QED) is 0.563. The highest BCUT2D eigenvalue weighted by Crippen LogP contribution is 1.95. The Balaban J connectivity index is 3.68. The number of carbonyl (C=O) groups is 3. The van der Waals surface area contributed by atoms with Crippen molar-refractivity contribution in [3.63, 3.8) is 0 Å². The lowest BCUT2D eigenvalue weighted by atomic mass is 10.2. The van der Waals surface area contributed by atoms with Crippen LogP contribution < -0.4 is 0 Å². The van der Waals surface area contributed by atoms with Crippen LogP contribution in [0.2, 0.25) is 0 Å². The van der Waals surface area contributed by atoms with E-state index >= 15 is 0 Å². The molecule has 4 heteroatoms. The summed E-state index contributed by atoms with van der Waals surface area (Å²) >= 11 is 0. The molecule has 0 aliphatic heterocycles. The molecule has 0 atom stereocenters. The summed E-state index contributed by atoms with van der Waals surface area (Å²) < 4.78 is 0. The van der Waals surface area contributed by atoms with Gasteiger partial charge in [-0.1, -0.05) is 0 Å². The average Bonchev–Trinajstić information content (AvgIpc) is 2.10. The Morgan fingerprint density at radius 2 is 1.92 bits per heavy atom. The van der Waals surface area contributed by atoms with Crippen molar-refractivity contribution in [2.45, 2.75) is 26.2 Å². The third-order valence-electron chi connectivity index (χ3n) is 1.70. The first-order valence-corrected chi connectivity index (χ1v) is 4.25. The van der Waals surface area contributed by atoms with Crippen LogP contribution in [-0.4, -0.2) is 36.5 Å². The predicted octanol–water partition coefficient (Wildman–Crippen LogP) is 0.403. The molecule has 0 aliphatic rings. The van der Waals surface area contributed by atoms with Gasteiger partial charge in [0.15, 0.2) is 0 Å². The molecular weight excluding hydrogens is 170 g/mol. The highest BCUT2D eigenvalue weighted by Gasteiger charge is 2.07. The monoisotopic (exact) mass is 185 g/mol. The third-order valence-corrected chi connectivity index (χ3v) is 1.70. The van der Waals surface area contributed by atoms with Crippen molar-refractivity contribution in [3.8, 4) is 0 Å². The van der Waals surface area contributed by atoms with E-state index in [9.17, 15) is 14.4 Å². The van der Waals surface area contributed by atoms with Gasteiger partial charge in [0.2, 0.25) is 5.91 Å². The molecule has 13 heavy (non-hydrogen) atoms. The van der Waals surface area contributed by atoms with E-state index in [0.717, 1.165) is 6.29 Å². The van der Waals surface area contributed by atoms with E-state index in [1.165, 1.54) is 11.8 Å². The molecule has 0 radical (unpaired) electrons. The number of Topliss-reactive ketones (excluding diaryl/α,β-unsaturated/α-hetero) is 1. The minimum Gasteiger partial charge on any atom is -0.345 e. The van der Waals surface area contributed by atoms with Crippen LogP contribution in [0.1, 0.15) is 26.2 Å². The first-order chi connectivity index (χ1) is 6.07. The van der Waals surface area contributed by atoms with Gasteiger partial charge in [0, 0.05) is 32.9 Å². The van der Waals surface area contributed by atoms with Crippen LogP contribution in [0.25, 0.3) is 0 Å². The van der Waals surface area contributed by atoms with Gasteiger partial charge in [0.05, 0.1) is 0 Å². The molecule has 0 heterocycles. The number of rotatable bonds is 6. The maximum Gasteiger partial charge on any atom is 0.222 e. The number of carbonyl (C=O) groups excluding carboxylic acids is 3. The Kier molecular flexibility index (Phi) is 5.76. The van der Waals surface area contributed by atoms with Crippen LogP contribution in [-0.2, 0) is 14.4 Å². The predicted molar refractivity (Wildman–Crippen MR) is 48.2 cm³/mol. The van der Waals surface area contributed by atoms with Gasteiger partial charge in [-0.25, -0.2) is 0 Å². The molecule has 0 N–H and O–H groups in total. The van der Waals surface area contributed by atoms with E-state index in [4.69, 9.17) is 0 Å². The lowest BCUT2D eigenvalue weighted by Crippen LogP contribution is -2.28. The Hall–Kier alpha value is -1.19. The van der Waals surface area contributed by atoms with Gasteiger partial charge in [0.1, 0.15) is 12.1 Å². The molecule has 0 aliphatic carbocycles. The Bertz CT molecular complexity index is 201. The smallest absolute Gasteiger partial charge is 0.222 e. The fourth-order valence-electron chi connectivity index (χ4n) is 0.823. The summed E-state index contributed by atoms with van der Waals surface area (Å²) in [5.74, 6) is -0.0246. The van der Waals surface area contributed by atoms with Gasteiger partial charge < -0.3 is 9.69 Å². The summed E-state index contributed by atoms with van der Waals surface area (Å²) in [5.41, 5.74) is 0. The van der Waals surface area contributed by atoms with Crippen LogP contribution in [0.4, 0.5) is 0 Å². The van der Waals surface area contributed by atoms with Crippen LogP contribution in [0, 0.1) is 0 Å². The lowest BCUT2D eigenvalue weighted by molar-refractivity contribution is -0.131. The molecule has 1 amide bonds. The number of amides is 1. The zero-order valence-corrected chi connectivity index (χ0v) is 8.08. The third kappa shape index (κ3) is 6.02. The Morgan fingerprint density at radius 3 is 2.38 bits per heavy atom. The van der Waals surface area contributed by atoms with Crippen LogP contribution >= 0.6 is 0 Å². The molecule has 0 spiro atoms. The fourth-order valence-corrected chi connectivity index (χ4v) is 0.823. The SMILES string of the molecule is CC(=O)CCN(C)C(=O)CCC=O. The van der Waals surface area contributed by atoms with Gasteiger partial charge in [-0.2, -0.15) is 0 Å². The van der Waals surface area contributed by atoms with Crippen molar-refractivity contribution in [1.82, 2.24) is 4.90 Å². The molecule has 0 rings (SSSR count). The number of nitrogens with zero attached hydrogens (tertiary/aromatic N) is 1. The summed E-state index contributed by atoms with van der Waals surface area (Å²) in [7, 11) is 1.63. The number of aldehydes is 1. The molecule has 0 aromatic heterocycles.